The molecule has 2 N–H and O–H groups in total. The molecule has 1 atom stereocenters. The number of halogens is 1. The van der Waals surface area contributed by atoms with E-state index in [1.165, 1.54) is 6.26 Å². The van der Waals surface area contributed by atoms with Crippen molar-refractivity contribution in [3.8, 4) is 0 Å². The largest absolute Gasteiger partial charge is 0.467 e. The van der Waals surface area contributed by atoms with Crippen LogP contribution in [0.4, 0.5) is 0 Å². The van der Waals surface area contributed by atoms with Crippen LogP contribution in [-0.2, 0) is 0 Å². The van der Waals surface area contributed by atoms with Crippen LogP contribution in [0.15, 0.2) is 41.0 Å². The van der Waals surface area contributed by atoms with E-state index in [9.17, 15) is 9.90 Å². The summed E-state index contributed by atoms with van der Waals surface area (Å²) < 4.78 is 5.05. The fourth-order valence-corrected chi connectivity index (χ4v) is 1.79. The molecule has 0 spiro atoms. The molecule has 0 aliphatic heterocycles. The van der Waals surface area contributed by atoms with E-state index in [1.807, 2.05) is 6.92 Å². The maximum Gasteiger partial charge on any atom is 0.251 e. The van der Waals surface area contributed by atoms with Crippen LogP contribution in [0.3, 0.4) is 0 Å². The van der Waals surface area contributed by atoms with Crippen LogP contribution >= 0.6 is 11.6 Å². The molecule has 19 heavy (non-hydrogen) atoms. The normalized spacial score (nSPS) is 12.2. The van der Waals surface area contributed by atoms with Gasteiger partial charge in [-0.15, -0.1) is 0 Å². The molecule has 2 aromatic rings. The number of hydrogen-bond acceptors (Lipinski definition) is 3. The van der Waals surface area contributed by atoms with Crippen LogP contribution in [-0.4, -0.2) is 17.6 Å². The zero-order valence-corrected chi connectivity index (χ0v) is 11.1. The lowest BCUT2D eigenvalue weighted by Gasteiger charge is -2.10. The summed E-state index contributed by atoms with van der Waals surface area (Å²) in [5.74, 6) is 0.134. The Labute approximate surface area is 116 Å². The topological polar surface area (TPSA) is 62.5 Å². The third-order valence-electron chi connectivity index (χ3n) is 2.76. The minimum absolute atomic E-state index is 0.0812. The molecule has 1 aromatic carbocycles. The Kier molecular flexibility index (Phi) is 4.24. The number of rotatable bonds is 4. The maximum absolute atomic E-state index is 11.9. The number of aliphatic hydroxyl groups is 1. The molecule has 0 fully saturated rings. The van der Waals surface area contributed by atoms with Gasteiger partial charge in [-0.05, 0) is 36.8 Å². The number of furan rings is 1. The molecule has 0 aliphatic rings. The van der Waals surface area contributed by atoms with Gasteiger partial charge in [0.05, 0.1) is 12.8 Å². The van der Waals surface area contributed by atoms with Gasteiger partial charge in [0.1, 0.15) is 11.9 Å². The predicted octanol–water partition coefficient (Wildman–Crippen LogP) is 2.70. The summed E-state index contributed by atoms with van der Waals surface area (Å²) >= 11 is 5.96. The minimum atomic E-state index is -0.861. The first-order chi connectivity index (χ1) is 9.08. The third kappa shape index (κ3) is 3.36. The number of benzene rings is 1. The maximum atomic E-state index is 11.9. The second kappa shape index (κ2) is 5.91. The average Bonchev–Trinajstić information content (AvgIpc) is 2.92. The molecule has 0 aliphatic carbocycles. The van der Waals surface area contributed by atoms with Gasteiger partial charge in [0.25, 0.3) is 5.91 Å². The highest BCUT2D eigenvalue weighted by atomic mass is 35.5. The Balaban J connectivity index is 1.96. The van der Waals surface area contributed by atoms with Crippen molar-refractivity contribution in [3.63, 3.8) is 0 Å². The Hall–Kier alpha value is -1.78. The van der Waals surface area contributed by atoms with Crippen LogP contribution in [0.1, 0.15) is 27.8 Å². The van der Waals surface area contributed by atoms with Gasteiger partial charge in [-0.2, -0.15) is 0 Å². The Morgan fingerprint density at radius 3 is 2.89 bits per heavy atom. The van der Waals surface area contributed by atoms with Gasteiger partial charge in [0, 0.05) is 10.6 Å². The Morgan fingerprint density at radius 2 is 2.26 bits per heavy atom. The molecule has 1 unspecified atom stereocenters. The van der Waals surface area contributed by atoms with E-state index in [1.54, 1.807) is 30.3 Å². The number of aryl methyl sites for hydroxylation is 1. The summed E-state index contributed by atoms with van der Waals surface area (Å²) in [6.07, 6.45) is 0.611. The highest BCUT2D eigenvalue weighted by Crippen LogP contribution is 2.17. The summed E-state index contributed by atoms with van der Waals surface area (Å²) in [5.41, 5.74) is 1.37. The highest BCUT2D eigenvalue weighted by molar-refractivity contribution is 6.31. The monoisotopic (exact) mass is 279 g/mol. The van der Waals surface area contributed by atoms with E-state index in [4.69, 9.17) is 16.0 Å². The molecule has 1 amide bonds. The second-order valence-corrected chi connectivity index (χ2v) is 4.61. The molecule has 0 bridgehead atoms. The van der Waals surface area contributed by atoms with Crippen molar-refractivity contribution in [1.29, 1.82) is 0 Å². The van der Waals surface area contributed by atoms with E-state index in [0.717, 1.165) is 5.56 Å². The number of hydrogen-bond donors (Lipinski definition) is 2. The lowest BCUT2D eigenvalue weighted by Crippen LogP contribution is -2.28. The van der Waals surface area contributed by atoms with E-state index in [0.29, 0.717) is 16.3 Å². The van der Waals surface area contributed by atoms with Crippen molar-refractivity contribution in [1.82, 2.24) is 5.32 Å². The summed E-state index contributed by atoms with van der Waals surface area (Å²) in [4.78, 5) is 11.9. The van der Waals surface area contributed by atoms with Crippen molar-refractivity contribution < 1.29 is 14.3 Å². The molecular formula is C14H14ClNO3. The minimum Gasteiger partial charge on any atom is -0.467 e. The summed E-state index contributed by atoms with van der Waals surface area (Å²) in [6, 6.07) is 8.40. The van der Waals surface area contributed by atoms with Crippen LogP contribution < -0.4 is 5.32 Å². The lowest BCUT2D eigenvalue weighted by atomic mass is 10.1. The van der Waals surface area contributed by atoms with Crippen molar-refractivity contribution in [2.75, 3.05) is 6.54 Å². The number of nitrogens with one attached hydrogen (secondary N) is 1. The Bertz CT molecular complexity index is 566. The van der Waals surface area contributed by atoms with Crippen molar-refractivity contribution >= 4 is 17.5 Å². The van der Waals surface area contributed by atoms with Gasteiger partial charge in [0.15, 0.2) is 0 Å². The molecular weight excluding hydrogens is 266 g/mol. The van der Waals surface area contributed by atoms with Gasteiger partial charge < -0.3 is 14.8 Å². The fourth-order valence-electron chi connectivity index (χ4n) is 1.61. The molecule has 0 saturated heterocycles. The summed E-state index contributed by atoms with van der Waals surface area (Å²) in [7, 11) is 0. The van der Waals surface area contributed by atoms with Crippen LogP contribution in [0, 0.1) is 6.92 Å². The standard InChI is InChI=1S/C14H14ClNO3/c1-9-4-5-10(7-11(9)15)14(18)16-8-12(17)13-3-2-6-19-13/h2-7,12,17H,8H2,1H3,(H,16,18). The van der Waals surface area contributed by atoms with E-state index in [2.05, 4.69) is 5.32 Å². The van der Waals surface area contributed by atoms with Crippen molar-refractivity contribution in [2.24, 2.45) is 0 Å². The molecule has 5 heteroatoms. The lowest BCUT2D eigenvalue weighted by molar-refractivity contribution is 0.0901. The molecule has 0 saturated carbocycles. The number of carbonyl (C=O) groups excluding carboxylic acids is 1. The van der Waals surface area contributed by atoms with Crippen molar-refractivity contribution in [2.45, 2.75) is 13.0 Å². The smallest absolute Gasteiger partial charge is 0.251 e. The molecule has 4 nitrogen and oxygen atoms in total. The average molecular weight is 280 g/mol. The first-order valence-corrected chi connectivity index (χ1v) is 6.21. The fraction of sp³-hybridized carbons (Fsp3) is 0.214. The number of amides is 1. The molecule has 1 heterocycles. The van der Waals surface area contributed by atoms with Crippen LogP contribution in [0.25, 0.3) is 0 Å². The highest BCUT2D eigenvalue weighted by Gasteiger charge is 2.13. The molecule has 0 radical (unpaired) electrons. The zero-order chi connectivity index (χ0) is 13.8. The van der Waals surface area contributed by atoms with E-state index in [-0.39, 0.29) is 12.5 Å². The van der Waals surface area contributed by atoms with Crippen LogP contribution in [0.5, 0.6) is 0 Å². The molecule has 2 rings (SSSR count). The van der Waals surface area contributed by atoms with Gasteiger partial charge >= 0.3 is 0 Å². The SMILES string of the molecule is Cc1ccc(C(=O)NCC(O)c2ccco2)cc1Cl. The van der Waals surface area contributed by atoms with E-state index < -0.39 is 6.10 Å². The van der Waals surface area contributed by atoms with Gasteiger partial charge in [-0.3, -0.25) is 4.79 Å². The Morgan fingerprint density at radius 1 is 1.47 bits per heavy atom. The predicted molar refractivity (Wildman–Crippen MR) is 72.2 cm³/mol. The first kappa shape index (κ1) is 13.6. The quantitative estimate of drug-likeness (QED) is 0.904. The molecule has 1 aromatic heterocycles. The summed E-state index contributed by atoms with van der Waals surface area (Å²) in [6.45, 7) is 1.95. The second-order valence-electron chi connectivity index (χ2n) is 4.21. The third-order valence-corrected chi connectivity index (χ3v) is 3.17. The van der Waals surface area contributed by atoms with Gasteiger partial charge in [-0.25, -0.2) is 0 Å². The zero-order valence-electron chi connectivity index (χ0n) is 10.4. The van der Waals surface area contributed by atoms with E-state index >= 15 is 0 Å². The van der Waals surface area contributed by atoms with Crippen molar-refractivity contribution in [3.05, 3.63) is 58.5 Å². The molecule has 100 valence electrons. The number of aliphatic hydroxyl groups excluding tert-OH is 1. The van der Waals surface area contributed by atoms with Gasteiger partial charge in [0.2, 0.25) is 0 Å². The number of carbonyl (C=O) groups is 1. The van der Waals surface area contributed by atoms with Gasteiger partial charge in [-0.1, -0.05) is 17.7 Å². The summed E-state index contributed by atoms with van der Waals surface area (Å²) in [5, 5.41) is 12.9. The first-order valence-electron chi connectivity index (χ1n) is 5.83. The van der Waals surface area contributed by atoms with Crippen LogP contribution in [0.2, 0.25) is 5.02 Å².